The molecule has 0 saturated heterocycles. The molecule has 0 atom stereocenters. The van der Waals surface area contributed by atoms with E-state index in [4.69, 9.17) is 5.73 Å². The van der Waals surface area contributed by atoms with E-state index in [-0.39, 0.29) is 5.91 Å². The second kappa shape index (κ2) is 5.72. The molecule has 5 heteroatoms. The fraction of sp³-hybridized carbons (Fsp3) is 0.583. The monoisotopic (exact) mass is 234 g/mol. The van der Waals surface area contributed by atoms with Crippen LogP contribution in [0.2, 0.25) is 0 Å². The van der Waals surface area contributed by atoms with Gasteiger partial charge in [0.05, 0.1) is 5.56 Å². The molecule has 0 aromatic carbocycles. The molecule has 92 valence electrons. The predicted molar refractivity (Wildman–Crippen MR) is 64.4 cm³/mol. The molecule has 17 heavy (non-hydrogen) atoms. The van der Waals surface area contributed by atoms with Crippen molar-refractivity contribution in [3.63, 3.8) is 0 Å². The SMILES string of the molecule is NCCN(C(=O)c1cncnc1)C1CCCC1. The lowest BCUT2D eigenvalue weighted by molar-refractivity contribution is 0.0687. The van der Waals surface area contributed by atoms with Crippen molar-refractivity contribution in [2.45, 2.75) is 31.7 Å². The molecule has 0 bridgehead atoms. The summed E-state index contributed by atoms with van der Waals surface area (Å²) in [5, 5.41) is 0. The van der Waals surface area contributed by atoms with Crippen molar-refractivity contribution in [2.75, 3.05) is 13.1 Å². The van der Waals surface area contributed by atoms with E-state index in [1.807, 2.05) is 4.90 Å². The van der Waals surface area contributed by atoms with Crippen molar-refractivity contribution >= 4 is 5.91 Å². The smallest absolute Gasteiger partial charge is 0.257 e. The van der Waals surface area contributed by atoms with Gasteiger partial charge in [0.25, 0.3) is 5.91 Å². The van der Waals surface area contributed by atoms with Gasteiger partial charge >= 0.3 is 0 Å². The van der Waals surface area contributed by atoms with E-state index in [1.54, 1.807) is 12.4 Å². The molecule has 1 aromatic rings. The van der Waals surface area contributed by atoms with E-state index in [1.165, 1.54) is 19.2 Å². The predicted octanol–water partition coefficient (Wildman–Crippen LogP) is 0.820. The van der Waals surface area contributed by atoms with Gasteiger partial charge in [-0.05, 0) is 12.8 Å². The zero-order chi connectivity index (χ0) is 12.1. The molecule has 1 saturated carbocycles. The van der Waals surface area contributed by atoms with Crippen molar-refractivity contribution in [3.05, 3.63) is 24.3 Å². The Balaban J connectivity index is 2.12. The maximum absolute atomic E-state index is 12.3. The second-order valence-corrected chi connectivity index (χ2v) is 4.35. The molecule has 1 aromatic heterocycles. The quantitative estimate of drug-likeness (QED) is 0.837. The molecule has 1 aliphatic rings. The molecule has 0 spiro atoms. The van der Waals surface area contributed by atoms with Gasteiger partial charge < -0.3 is 10.6 Å². The lowest BCUT2D eigenvalue weighted by atomic mass is 10.1. The minimum Gasteiger partial charge on any atom is -0.334 e. The van der Waals surface area contributed by atoms with Crippen LogP contribution in [0.1, 0.15) is 36.0 Å². The average Bonchev–Trinajstić information content (AvgIpc) is 2.90. The Labute approximate surface area is 101 Å². The Hall–Kier alpha value is -1.49. The van der Waals surface area contributed by atoms with Gasteiger partial charge in [-0.15, -0.1) is 0 Å². The van der Waals surface area contributed by atoms with Gasteiger partial charge in [0, 0.05) is 31.5 Å². The molecular formula is C12H18N4O. The number of amides is 1. The maximum atomic E-state index is 12.3. The van der Waals surface area contributed by atoms with Crippen LogP contribution in [0.3, 0.4) is 0 Å². The van der Waals surface area contributed by atoms with Crippen LogP contribution in [0, 0.1) is 0 Å². The highest BCUT2D eigenvalue weighted by Gasteiger charge is 2.26. The molecule has 1 fully saturated rings. The van der Waals surface area contributed by atoms with Crippen LogP contribution in [-0.4, -0.2) is 39.9 Å². The van der Waals surface area contributed by atoms with Gasteiger partial charge in [-0.2, -0.15) is 0 Å². The summed E-state index contributed by atoms with van der Waals surface area (Å²) in [7, 11) is 0. The van der Waals surface area contributed by atoms with Crippen molar-refractivity contribution in [1.29, 1.82) is 0 Å². The maximum Gasteiger partial charge on any atom is 0.257 e. The van der Waals surface area contributed by atoms with Crippen LogP contribution >= 0.6 is 0 Å². The second-order valence-electron chi connectivity index (χ2n) is 4.35. The normalized spacial score (nSPS) is 16.1. The molecule has 2 rings (SSSR count). The highest BCUT2D eigenvalue weighted by atomic mass is 16.2. The Bertz CT molecular complexity index is 362. The summed E-state index contributed by atoms with van der Waals surface area (Å²) in [5.41, 5.74) is 6.14. The van der Waals surface area contributed by atoms with Crippen molar-refractivity contribution in [1.82, 2.24) is 14.9 Å². The third-order valence-corrected chi connectivity index (χ3v) is 3.20. The fourth-order valence-electron chi connectivity index (χ4n) is 2.38. The van der Waals surface area contributed by atoms with Gasteiger partial charge in [0.1, 0.15) is 6.33 Å². The summed E-state index contributed by atoms with van der Waals surface area (Å²) >= 11 is 0. The number of hydrogen-bond donors (Lipinski definition) is 1. The number of aromatic nitrogens is 2. The molecule has 1 aliphatic carbocycles. The summed E-state index contributed by atoms with van der Waals surface area (Å²) in [6.07, 6.45) is 9.12. The summed E-state index contributed by atoms with van der Waals surface area (Å²) in [6, 6.07) is 0.339. The van der Waals surface area contributed by atoms with Crippen LogP contribution in [0.5, 0.6) is 0 Å². The number of carbonyl (C=O) groups is 1. The van der Waals surface area contributed by atoms with Gasteiger partial charge in [-0.1, -0.05) is 12.8 Å². The summed E-state index contributed by atoms with van der Waals surface area (Å²) in [4.78, 5) is 22.0. The standard InChI is InChI=1S/C12H18N4O/c13-5-6-16(11-3-1-2-4-11)12(17)10-7-14-9-15-8-10/h7-9,11H,1-6,13H2. The molecule has 0 aliphatic heterocycles. The number of nitrogens with two attached hydrogens (primary N) is 1. The first-order valence-corrected chi connectivity index (χ1v) is 6.09. The van der Waals surface area contributed by atoms with E-state index in [0.717, 1.165) is 12.8 Å². The first-order chi connectivity index (χ1) is 8.33. The summed E-state index contributed by atoms with van der Waals surface area (Å²) in [5.74, 6) is 0.00273. The highest BCUT2D eigenvalue weighted by molar-refractivity contribution is 5.93. The molecule has 0 unspecified atom stereocenters. The zero-order valence-corrected chi connectivity index (χ0v) is 9.88. The minimum atomic E-state index is 0.00273. The van der Waals surface area contributed by atoms with Crippen molar-refractivity contribution in [2.24, 2.45) is 5.73 Å². The number of hydrogen-bond acceptors (Lipinski definition) is 4. The zero-order valence-electron chi connectivity index (χ0n) is 9.88. The topological polar surface area (TPSA) is 72.1 Å². The Morgan fingerprint density at radius 1 is 1.35 bits per heavy atom. The number of rotatable bonds is 4. The molecule has 0 radical (unpaired) electrons. The van der Waals surface area contributed by atoms with Crippen LogP contribution in [0.25, 0.3) is 0 Å². The number of nitrogens with zero attached hydrogens (tertiary/aromatic N) is 3. The average molecular weight is 234 g/mol. The molecule has 1 heterocycles. The van der Waals surface area contributed by atoms with Crippen LogP contribution in [0.15, 0.2) is 18.7 Å². The summed E-state index contributed by atoms with van der Waals surface area (Å²) in [6.45, 7) is 1.11. The van der Waals surface area contributed by atoms with Crippen LogP contribution in [-0.2, 0) is 0 Å². The Kier molecular flexibility index (Phi) is 4.03. The van der Waals surface area contributed by atoms with E-state index in [9.17, 15) is 4.79 Å². The third-order valence-electron chi connectivity index (χ3n) is 3.20. The van der Waals surface area contributed by atoms with E-state index in [2.05, 4.69) is 9.97 Å². The number of carbonyl (C=O) groups excluding carboxylic acids is 1. The van der Waals surface area contributed by atoms with Crippen molar-refractivity contribution in [3.8, 4) is 0 Å². The van der Waals surface area contributed by atoms with Crippen LogP contribution < -0.4 is 5.73 Å². The summed E-state index contributed by atoms with van der Waals surface area (Å²) < 4.78 is 0. The lowest BCUT2D eigenvalue weighted by Crippen LogP contribution is -2.42. The lowest BCUT2D eigenvalue weighted by Gasteiger charge is -2.28. The first-order valence-electron chi connectivity index (χ1n) is 6.09. The van der Waals surface area contributed by atoms with Gasteiger partial charge in [0.15, 0.2) is 0 Å². The van der Waals surface area contributed by atoms with Gasteiger partial charge in [0.2, 0.25) is 0 Å². The van der Waals surface area contributed by atoms with Crippen LogP contribution in [0.4, 0.5) is 0 Å². The van der Waals surface area contributed by atoms with Gasteiger partial charge in [-0.3, -0.25) is 4.79 Å². The largest absolute Gasteiger partial charge is 0.334 e. The Morgan fingerprint density at radius 3 is 2.59 bits per heavy atom. The van der Waals surface area contributed by atoms with E-state index < -0.39 is 0 Å². The molecule has 1 amide bonds. The molecule has 2 N–H and O–H groups in total. The molecular weight excluding hydrogens is 216 g/mol. The molecule has 5 nitrogen and oxygen atoms in total. The highest BCUT2D eigenvalue weighted by Crippen LogP contribution is 2.24. The fourth-order valence-corrected chi connectivity index (χ4v) is 2.38. The van der Waals surface area contributed by atoms with Crippen molar-refractivity contribution < 1.29 is 4.79 Å². The Morgan fingerprint density at radius 2 is 2.00 bits per heavy atom. The minimum absolute atomic E-state index is 0.00273. The third kappa shape index (κ3) is 2.79. The first kappa shape index (κ1) is 12.0. The van der Waals surface area contributed by atoms with E-state index >= 15 is 0 Å². The van der Waals surface area contributed by atoms with Gasteiger partial charge in [-0.25, -0.2) is 9.97 Å². The van der Waals surface area contributed by atoms with E-state index in [0.29, 0.717) is 24.7 Å².